The molecule has 2 unspecified atom stereocenters. The third-order valence-electron chi connectivity index (χ3n) is 8.16. The van der Waals surface area contributed by atoms with E-state index < -0.39 is 34.5 Å². The van der Waals surface area contributed by atoms with Crippen molar-refractivity contribution >= 4 is 11.8 Å². The van der Waals surface area contributed by atoms with E-state index in [1.807, 2.05) is 20.8 Å². The standard InChI is InChI=1S/C23H33N3O4/c1-21(2,3)30-25-19(27)18(20(28)26-16(11-24)5-15-6-17(15)26)22-7-13-4-14(8-22)10-23(29,9-13)12-22/h13-18,29H,4-10,12H2,1-3H3,(H,25,27)/t13?,14?,15-,16+,17+,18-,22?,23?/m1/s1. The quantitative estimate of drug-likeness (QED) is 0.542. The molecule has 6 rings (SSSR count). The number of nitrogens with zero attached hydrogens (tertiary/aromatic N) is 2. The number of fused-ring (bicyclic) bond motifs is 1. The third-order valence-corrected chi connectivity index (χ3v) is 8.16. The summed E-state index contributed by atoms with van der Waals surface area (Å²) in [5, 5.41) is 20.8. The van der Waals surface area contributed by atoms with Crippen molar-refractivity contribution in [1.82, 2.24) is 10.4 Å². The summed E-state index contributed by atoms with van der Waals surface area (Å²) < 4.78 is 0. The maximum Gasteiger partial charge on any atom is 0.256 e. The Morgan fingerprint density at radius 2 is 1.83 bits per heavy atom. The molecule has 5 aliphatic carbocycles. The Hall–Kier alpha value is -1.65. The van der Waals surface area contributed by atoms with Crippen LogP contribution >= 0.6 is 0 Å². The SMILES string of the molecule is CC(C)(C)ONC(=O)[C@H](C(=O)N1[C@H](C#N)C[C@@H]2C[C@@H]21)C12CC3CC(CC(O)(C3)C1)C2. The number of hydroxylamine groups is 1. The molecule has 1 heterocycles. The van der Waals surface area contributed by atoms with Crippen LogP contribution in [-0.2, 0) is 14.4 Å². The molecule has 6 aliphatic rings. The number of carbonyl (C=O) groups is 2. The van der Waals surface area contributed by atoms with E-state index in [2.05, 4.69) is 11.5 Å². The minimum Gasteiger partial charge on any atom is -0.390 e. The van der Waals surface area contributed by atoms with Gasteiger partial charge in [0.1, 0.15) is 12.0 Å². The zero-order chi connectivity index (χ0) is 21.5. The van der Waals surface area contributed by atoms with Crippen LogP contribution in [0.1, 0.15) is 72.1 Å². The number of carbonyl (C=O) groups excluding carboxylic acids is 2. The normalized spacial score (nSPS) is 44.4. The maximum atomic E-state index is 13.9. The van der Waals surface area contributed by atoms with Gasteiger partial charge in [0.2, 0.25) is 5.91 Å². The molecule has 7 heteroatoms. The summed E-state index contributed by atoms with van der Waals surface area (Å²) in [5.74, 6) is -0.432. The molecule has 0 aromatic rings. The van der Waals surface area contributed by atoms with Crippen LogP contribution in [0.3, 0.4) is 0 Å². The van der Waals surface area contributed by atoms with Gasteiger partial charge in [0, 0.05) is 6.04 Å². The Balaban J connectivity index is 1.48. The van der Waals surface area contributed by atoms with Crippen LogP contribution in [0.4, 0.5) is 0 Å². The predicted octanol–water partition coefficient (Wildman–Crippen LogP) is 2.29. The van der Waals surface area contributed by atoms with Gasteiger partial charge in [-0.3, -0.25) is 14.4 Å². The maximum absolute atomic E-state index is 13.9. The third kappa shape index (κ3) is 3.23. The van der Waals surface area contributed by atoms with E-state index in [0.29, 0.717) is 30.6 Å². The van der Waals surface area contributed by atoms with Gasteiger partial charge in [-0.25, -0.2) is 5.48 Å². The lowest BCUT2D eigenvalue weighted by atomic mass is 9.44. The fraction of sp³-hybridized carbons (Fsp3) is 0.870. The van der Waals surface area contributed by atoms with E-state index in [1.54, 1.807) is 4.90 Å². The first-order valence-electron chi connectivity index (χ1n) is 11.4. The fourth-order valence-electron chi connectivity index (χ4n) is 7.57. The molecule has 5 saturated carbocycles. The molecule has 30 heavy (non-hydrogen) atoms. The van der Waals surface area contributed by atoms with Crippen molar-refractivity contribution in [1.29, 1.82) is 5.26 Å². The first-order chi connectivity index (χ1) is 14.0. The van der Waals surface area contributed by atoms with E-state index >= 15 is 0 Å². The smallest absolute Gasteiger partial charge is 0.256 e. The van der Waals surface area contributed by atoms with Crippen molar-refractivity contribution in [3.8, 4) is 6.07 Å². The highest BCUT2D eigenvalue weighted by atomic mass is 16.7. The number of aliphatic hydroxyl groups is 1. The summed E-state index contributed by atoms with van der Waals surface area (Å²) in [7, 11) is 0. The first kappa shape index (κ1) is 20.3. The van der Waals surface area contributed by atoms with Gasteiger partial charge in [-0.1, -0.05) is 0 Å². The predicted molar refractivity (Wildman–Crippen MR) is 107 cm³/mol. The fourth-order valence-corrected chi connectivity index (χ4v) is 7.57. The van der Waals surface area contributed by atoms with Crippen molar-refractivity contribution in [2.75, 3.05) is 0 Å². The van der Waals surface area contributed by atoms with Gasteiger partial charge in [0.15, 0.2) is 0 Å². The largest absolute Gasteiger partial charge is 0.390 e. The van der Waals surface area contributed by atoms with Crippen molar-refractivity contribution in [2.45, 2.75) is 95.4 Å². The topological polar surface area (TPSA) is 103 Å². The van der Waals surface area contributed by atoms with Gasteiger partial charge in [0.25, 0.3) is 5.91 Å². The summed E-state index contributed by atoms with van der Waals surface area (Å²) in [4.78, 5) is 34.7. The number of hydrogen-bond acceptors (Lipinski definition) is 5. The molecule has 2 N–H and O–H groups in total. The minimum absolute atomic E-state index is 0.0954. The van der Waals surface area contributed by atoms with Crippen LogP contribution in [0, 0.1) is 40.4 Å². The molecular formula is C23H33N3O4. The lowest BCUT2D eigenvalue weighted by Gasteiger charge is -2.61. The van der Waals surface area contributed by atoms with Gasteiger partial charge in [0.05, 0.1) is 17.3 Å². The molecule has 6 fully saturated rings. The molecule has 1 aliphatic heterocycles. The molecule has 1 saturated heterocycles. The van der Waals surface area contributed by atoms with Crippen LogP contribution in [0.5, 0.6) is 0 Å². The Bertz CT molecular complexity index is 798. The van der Waals surface area contributed by atoms with Crippen LogP contribution < -0.4 is 5.48 Å². The van der Waals surface area contributed by atoms with Gasteiger partial charge < -0.3 is 10.0 Å². The minimum atomic E-state index is -0.910. The first-order valence-corrected chi connectivity index (χ1v) is 11.4. The van der Waals surface area contributed by atoms with Crippen LogP contribution in [-0.4, -0.2) is 45.1 Å². The second kappa shape index (κ2) is 6.43. The van der Waals surface area contributed by atoms with E-state index in [-0.39, 0.29) is 11.9 Å². The molecule has 0 radical (unpaired) electrons. The average Bonchev–Trinajstić information content (AvgIpc) is 3.26. The van der Waals surface area contributed by atoms with Crippen molar-refractivity contribution in [3.63, 3.8) is 0 Å². The Morgan fingerprint density at radius 3 is 2.40 bits per heavy atom. The summed E-state index contributed by atoms with van der Waals surface area (Å²) >= 11 is 0. The summed E-state index contributed by atoms with van der Waals surface area (Å²) in [5.41, 5.74) is 0.683. The van der Waals surface area contributed by atoms with E-state index in [1.165, 1.54) is 0 Å². The van der Waals surface area contributed by atoms with Gasteiger partial charge in [-0.05, 0) is 95.3 Å². The monoisotopic (exact) mass is 415 g/mol. The van der Waals surface area contributed by atoms with E-state index in [4.69, 9.17) is 4.84 Å². The molecule has 6 atom stereocenters. The molecular weight excluding hydrogens is 382 g/mol. The van der Waals surface area contributed by atoms with Gasteiger partial charge in [-0.2, -0.15) is 5.26 Å². The number of likely N-dealkylation sites (tertiary alicyclic amines) is 1. The number of amides is 2. The molecule has 4 bridgehead atoms. The zero-order valence-corrected chi connectivity index (χ0v) is 18.2. The molecule has 2 amide bonds. The molecule has 164 valence electrons. The van der Waals surface area contributed by atoms with Gasteiger partial charge in [-0.15, -0.1) is 0 Å². The Labute approximate surface area is 178 Å². The lowest BCUT2D eigenvalue weighted by molar-refractivity contribution is -0.196. The molecule has 7 nitrogen and oxygen atoms in total. The van der Waals surface area contributed by atoms with Gasteiger partial charge >= 0.3 is 0 Å². The second-order valence-corrected chi connectivity index (χ2v) is 11.9. The van der Waals surface area contributed by atoms with Crippen molar-refractivity contribution in [2.24, 2.45) is 29.1 Å². The molecule has 0 spiro atoms. The average molecular weight is 416 g/mol. The highest BCUT2D eigenvalue weighted by Crippen LogP contribution is 2.65. The van der Waals surface area contributed by atoms with Crippen LogP contribution in [0.15, 0.2) is 0 Å². The van der Waals surface area contributed by atoms with E-state index in [0.717, 1.165) is 38.5 Å². The van der Waals surface area contributed by atoms with Crippen molar-refractivity contribution < 1.29 is 19.5 Å². The highest BCUT2D eigenvalue weighted by Gasteiger charge is 2.65. The van der Waals surface area contributed by atoms with Crippen molar-refractivity contribution in [3.05, 3.63) is 0 Å². The number of nitrogens with one attached hydrogen (secondary N) is 1. The van der Waals surface area contributed by atoms with Crippen LogP contribution in [0.25, 0.3) is 0 Å². The molecule has 0 aromatic carbocycles. The summed E-state index contributed by atoms with van der Waals surface area (Å²) in [6.07, 6.45) is 6.37. The number of nitriles is 1. The number of rotatable bonds is 4. The van der Waals surface area contributed by atoms with E-state index in [9.17, 15) is 20.0 Å². The molecule has 0 aromatic heterocycles. The number of hydrogen-bond donors (Lipinski definition) is 2. The Kier molecular flexibility index (Phi) is 4.34. The Morgan fingerprint density at radius 1 is 1.17 bits per heavy atom. The summed E-state index contributed by atoms with van der Waals surface area (Å²) in [6.45, 7) is 5.54. The number of piperidine rings is 1. The lowest BCUT2D eigenvalue weighted by Crippen LogP contribution is -2.63. The zero-order valence-electron chi connectivity index (χ0n) is 18.2. The second-order valence-electron chi connectivity index (χ2n) is 11.9. The highest BCUT2D eigenvalue weighted by molar-refractivity contribution is 6.01. The summed E-state index contributed by atoms with van der Waals surface area (Å²) in [6, 6.07) is 1.93. The van der Waals surface area contributed by atoms with Crippen LogP contribution in [0.2, 0.25) is 0 Å².